The Morgan fingerprint density at radius 3 is 2.33 bits per heavy atom. The van der Waals surface area contributed by atoms with Gasteiger partial charge in [-0.3, -0.25) is 20.0 Å². The van der Waals surface area contributed by atoms with Gasteiger partial charge in [0, 0.05) is 17.1 Å². The SMILES string of the molecule is CCN1C(=N)N(c2ccccc2)C(=Cc2ccc(SC)cc2)C1=O. The lowest BCUT2D eigenvalue weighted by molar-refractivity contribution is -0.122. The van der Waals surface area contributed by atoms with Crippen LogP contribution in [0.4, 0.5) is 5.69 Å². The zero-order valence-corrected chi connectivity index (χ0v) is 14.5. The van der Waals surface area contributed by atoms with Crippen LogP contribution in [0, 0.1) is 5.41 Å². The minimum atomic E-state index is -0.139. The third-order valence-electron chi connectivity index (χ3n) is 3.92. The minimum absolute atomic E-state index is 0.139. The summed E-state index contributed by atoms with van der Waals surface area (Å²) in [5, 5.41) is 8.38. The third kappa shape index (κ3) is 2.95. The molecule has 0 radical (unpaired) electrons. The molecule has 1 saturated heterocycles. The number of guanidine groups is 1. The van der Waals surface area contributed by atoms with Gasteiger partial charge in [-0.2, -0.15) is 0 Å². The Labute approximate surface area is 146 Å². The van der Waals surface area contributed by atoms with Crippen molar-refractivity contribution in [3.63, 3.8) is 0 Å². The smallest absolute Gasteiger partial charge is 0.277 e. The van der Waals surface area contributed by atoms with Gasteiger partial charge in [0.1, 0.15) is 5.70 Å². The highest BCUT2D eigenvalue weighted by atomic mass is 32.2. The molecule has 1 amide bonds. The van der Waals surface area contributed by atoms with Gasteiger partial charge in [-0.1, -0.05) is 30.3 Å². The number of rotatable bonds is 4. The van der Waals surface area contributed by atoms with Crippen LogP contribution in [0.25, 0.3) is 6.08 Å². The van der Waals surface area contributed by atoms with Crippen LogP contribution in [-0.4, -0.2) is 29.6 Å². The van der Waals surface area contributed by atoms with Crippen molar-refractivity contribution in [2.24, 2.45) is 0 Å². The van der Waals surface area contributed by atoms with Gasteiger partial charge in [-0.25, -0.2) is 0 Å². The van der Waals surface area contributed by atoms with Crippen LogP contribution in [0.2, 0.25) is 0 Å². The predicted molar refractivity (Wildman–Crippen MR) is 100 cm³/mol. The molecular formula is C19H19N3OS. The third-order valence-corrected chi connectivity index (χ3v) is 4.67. The molecule has 0 bridgehead atoms. The highest BCUT2D eigenvalue weighted by Crippen LogP contribution is 2.29. The second-order valence-corrected chi connectivity index (χ2v) is 6.23. The van der Waals surface area contributed by atoms with Gasteiger partial charge in [0.25, 0.3) is 5.91 Å². The Morgan fingerprint density at radius 2 is 1.75 bits per heavy atom. The summed E-state index contributed by atoms with van der Waals surface area (Å²) in [5.41, 5.74) is 2.27. The first-order chi connectivity index (χ1) is 11.7. The number of hydrogen-bond donors (Lipinski definition) is 1. The molecule has 0 saturated carbocycles. The fourth-order valence-electron chi connectivity index (χ4n) is 2.68. The average molecular weight is 337 g/mol. The Kier molecular flexibility index (Phi) is 4.71. The van der Waals surface area contributed by atoms with Crippen LogP contribution in [0.5, 0.6) is 0 Å². The lowest BCUT2D eigenvalue weighted by atomic mass is 10.1. The van der Waals surface area contributed by atoms with E-state index in [2.05, 4.69) is 0 Å². The van der Waals surface area contributed by atoms with Crippen molar-refractivity contribution < 1.29 is 4.79 Å². The van der Waals surface area contributed by atoms with Gasteiger partial charge in [0.05, 0.1) is 0 Å². The molecule has 0 spiro atoms. The molecule has 3 rings (SSSR count). The Morgan fingerprint density at radius 1 is 1.08 bits per heavy atom. The largest absolute Gasteiger partial charge is 0.277 e. The topological polar surface area (TPSA) is 47.4 Å². The van der Waals surface area contributed by atoms with Crippen LogP contribution in [0.3, 0.4) is 0 Å². The minimum Gasteiger partial charge on any atom is -0.277 e. The lowest BCUT2D eigenvalue weighted by Crippen LogP contribution is -2.33. The van der Waals surface area contributed by atoms with E-state index in [0.29, 0.717) is 12.2 Å². The number of anilines is 1. The first kappa shape index (κ1) is 16.3. The van der Waals surface area contributed by atoms with Gasteiger partial charge in [-0.15, -0.1) is 11.8 Å². The van der Waals surface area contributed by atoms with Crippen molar-refractivity contribution in [2.45, 2.75) is 11.8 Å². The van der Waals surface area contributed by atoms with Gasteiger partial charge in [0.2, 0.25) is 5.96 Å². The number of nitrogens with zero attached hydrogens (tertiary/aromatic N) is 2. The van der Waals surface area contributed by atoms with Gasteiger partial charge in [-0.05, 0) is 49.1 Å². The van der Waals surface area contributed by atoms with Crippen molar-refractivity contribution in [1.29, 1.82) is 5.41 Å². The van der Waals surface area contributed by atoms with Gasteiger partial charge in [0.15, 0.2) is 0 Å². The monoisotopic (exact) mass is 337 g/mol. The average Bonchev–Trinajstić information content (AvgIpc) is 2.86. The second-order valence-electron chi connectivity index (χ2n) is 5.35. The Hall–Kier alpha value is -2.53. The summed E-state index contributed by atoms with van der Waals surface area (Å²) >= 11 is 1.68. The maximum absolute atomic E-state index is 12.7. The number of hydrogen-bond acceptors (Lipinski definition) is 3. The zero-order chi connectivity index (χ0) is 17.1. The van der Waals surface area contributed by atoms with Crippen LogP contribution in [0.1, 0.15) is 12.5 Å². The van der Waals surface area contributed by atoms with E-state index in [1.165, 1.54) is 9.80 Å². The number of amides is 1. The van der Waals surface area contributed by atoms with E-state index in [1.54, 1.807) is 16.7 Å². The fourth-order valence-corrected chi connectivity index (χ4v) is 3.09. The molecular weight excluding hydrogens is 318 g/mol. The molecule has 0 aromatic heterocycles. The summed E-state index contributed by atoms with van der Waals surface area (Å²) in [4.78, 5) is 17.1. The van der Waals surface area contributed by atoms with E-state index in [-0.39, 0.29) is 11.9 Å². The van der Waals surface area contributed by atoms with Crippen LogP contribution >= 0.6 is 11.8 Å². The molecule has 4 nitrogen and oxygen atoms in total. The first-order valence-corrected chi connectivity index (χ1v) is 8.99. The summed E-state index contributed by atoms with van der Waals surface area (Å²) in [7, 11) is 0. The lowest BCUT2D eigenvalue weighted by Gasteiger charge is -2.19. The summed E-state index contributed by atoms with van der Waals surface area (Å²) in [6, 6.07) is 17.6. The molecule has 2 aromatic carbocycles. The Balaban J connectivity index is 2.05. The molecule has 24 heavy (non-hydrogen) atoms. The standard InChI is InChI=1S/C19H19N3OS/c1-3-21-18(23)17(13-14-9-11-16(24-2)12-10-14)22(19(21)20)15-7-5-4-6-8-15/h4-13,20H,3H2,1-2H3. The molecule has 0 aliphatic carbocycles. The summed E-state index contributed by atoms with van der Waals surface area (Å²) in [6.45, 7) is 2.36. The number of carbonyl (C=O) groups excluding carboxylic acids is 1. The van der Waals surface area contributed by atoms with Gasteiger partial charge < -0.3 is 0 Å². The zero-order valence-electron chi connectivity index (χ0n) is 13.7. The van der Waals surface area contributed by atoms with Crippen LogP contribution < -0.4 is 4.90 Å². The molecule has 0 unspecified atom stereocenters. The van der Waals surface area contributed by atoms with E-state index in [4.69, 9.17) is 5.41 Å². The number of thioether (sulfide) groups is 1. The molecule has 0 atom stereocenters. The van der Waals surface area contributed by atoms with E-state index in [9.17, 15) is 4.79 Å². The molecule has 1 fully saturated rings. The number of carbonyl (C=O) groups is 1. The molecule has 122 valence electrons. The predicted octanol–water partition coefficient (Wildman–Crippen LogP) is 4.05. The normalized spacial score (nSPS) is 16.3. The number of nitrogens with one attached hydrogen (secondary N) is 1. The van der Waals surface area contributed by atoms with Crippen molar-refractivity contribution in [1.82, 2.24) is 4.90 Å². The van der Waals surface area contributed by atoms with E-state index < -0.39 is 0 Å². The number of likely N-dealkylation sites (N-methyl/N-ethyl adjacent to an activating group) is 1. The molecule has 1 aliphatic rings. The Bertz CT molecular complexity index is 784. The van der Waals surface area contributed by atoms with E-state index >= 15 is 0 Å². The second kappa shape index (κ2) is 6.93. The van der Waals surface area contributed by atoms with Crippen molar-refractivity contribution in [2.75, 3.05) is 17.7 Å². The summed E-state index contributed by atoms with van der Waals surface area (Å²) in [5.74, 6) is 0.0565. The number of para-hydroxylation sites is 1. The van der Waals surface area contributed by atoms with E-state index in [1.807, 2.05) is 73.9 Å². The van der Waals surface area contributed by atoms with Crippen LogP contribution in [0.15, 0.2) is 65.2 Å². The molecule has 1 heterocycles. The molecule has 1 aliphatic heterocycles. The maximum atomic E-state index is 12.7. The summed E-state index contributed by atoms with van der Waals surface area (Å²) in [6.07, 6.45) is 3.88. The highest BCUT2D eigenvalue weighted by Gasteiger charge is 2.38. The molecule has 1 N–H and O–H groups in total. The van der Waals surface area contributed by atoms with Crippen molar-refractivity contribution >= 4 is 35.4 Å². The van der Waals surface area contributed by atoms with Crippen molar-refractivity contribution in [3.8, 4) is 0 Å². The van der Waals surface area contributed by atoms with Crippen molar-refractivity contribution in [3.05, 3.63) is 65.9 Å². The molecule has 2 aromatic rings. The quantitative estimate of drug-likeness (QED) is 0.676. The molecule has 5 heteroatoms. The highest BCUT2D eigenvalue weighted by molar-refractivity contribution is 7.98. The van der Waals surface area contributed by atoms with Gasteiger partial charge >= 0.3 is 0 Å². The fraction of sp³-hybridized carbons (Fsp3) is 0.158. The van der Waals surface area contributed by atoms with Crippen LogP contribution in [-0.2, 0) is 4.79 Å². The van der Waals surface area contributed by atoms with E-state index in [0.717, 1.165) is 11.3 Å². The first-order valence-electron chi connectivity index (χ1n) is 7.77. The summed E-state index contributed by atoms with van der Waals surface area (Å²) < 4.78 is 0. The maximum Gasteiger partial charge on any atom is 0.277 e. The number of benzene rings is 2.